The summed E-state index contributed by atoms with van der Waals surface area (Å²) in [4.78, 5) is 25.5. The van der Waals surface area contributed by atoms with Crippen molar-refractivity contribution in [2.45, 2.75) is 55.5 Å². The monoisotopic (exact) mass is 653 g/mol. The predicted molar refractivity (Wildman–Crippen MR) is 164 cm³/mol. The molecule has 0 aromatic heterocycles. The highest BCUT2D eigenvalue weighted by Crippen LogP contribution is 2.34. The van der Waals surface area contributed by atoms with E-state index in [-0.39, 0.29) is 38.4 Å². The van der Waals surface area contributed by atoms with E-state index in [1.54, 1.807) is 13.2 Å². The minimum atomic E-state index is -2.19. The van der Waals surface area contributed by atoms with Crippen LogP contribution in [0.4, 0.5) is 0 Å². The molecule has 12 heteroatoms. The van der Waals surface area contributed by atoms with Crippen LogP contribution in [0.15, 0.2) is 42.5 Å². The third-order valence-electron chi connectivity index (χ3n) is 6.76. The molecule has 0 aliphatic rings. The second kappa shape index (κ2) is 23.0. The number of esters is 1. The van der Waals surface area contributed by atoms with Gasteiger partial charge in [-0.1, -0.05) is 97.1 Å². The van der Waals surface area contributed by atoms with E-state index in [1.165, 1.54) is 14.2 Å². The average Bonchev–Trinajstić information content (AvgIpc) is 2.97. The molecular formula is C30H46Cl3NO8. The second-order valence-electron chi connectivity index (χ2n) is 9.79. The molecule has 2 unspecified atom stereocenters. The minimum absolute atomic E-state index is 0.00582. The van der Waals surface area contributed by atoms with Gasteiger partial charge in [0.15, 0.2) is 0 Å². The quantitative estimate of drug-likeness (QED) is 0.0516. The summed E-state index contributed by atoms with van der Waals surface area (Å²) < 4.78 is 29.8. The van der Waals surface area contributed by atoms with Crippen molar-refractivity contribution in [3.8, 4) is 0 Å². The molecule has 0 aliphatic carbocycles. The highest BCUT2D eigenvalue weighted by molar-refractivity contribution is 6.76. The van der Waals surface area contributed by atoms with Crippen LogP contribution in [0, 0.1) is 17.8 Å². The van der Waals surface area contributed by atoms with Gasteiger partial charge in [-0.3, -0.25) is 9.59 Å². The van der Waals surface area contributed by atoms with Crippen molar-refractivity contribution >= 4 is 46.7 Å². The van der Waals surface area contributed by atoms with Gasteiger partial charge < -0.3 is 33.7 Å². The maximum Gasteiger partial charge on any atom is 0.306 e. The van der Waals surface area contributed by atoms with Crippen LogP contribution in [0.1, 0.15) is 44.6 Å². The summed E-state index contributed by atoms with van der Waals surface area (Å²) in [5, 5.41) is 2.94. The summed E-state index contributed by atoms with van der Waals surface area (Å²) in [5.41, 5.74) is 1.11. The predicted octanol–water partition coefficient (Wildman–Crippen LogP) is 5.85. The maximum atomic E-state index is 13.0. The Morgan fingerprint density at radius 2 is 1.67 bits per heavy atom. The molecule has 0 fully saturated rings. The van der Waals surface area contributed by atoms with Gasteiger partial charge in [0.25, 0.3) is 9.70 Å². The number of halogens is 3. The van der Waals surface area contributed by atoms with Crippen LogP contribution in [-0.2, 0) is 44.6 Å². The molecule has 0 heterocycles. The lowest BCUT2D eigenvalue weighted by Gasteiger charge is -2.38. The third kappa shape index (κ3) is 16.4. The molecule has 1 aromatic carbocycles. The average molecular weight is 655 g/mol. The van der Waals surface area contributed by atoms with Crippen LogP contribution in [0.5, 0.6) is 0 Å². The van der Waals surface area contributed by atoms with Crippen LogP contribution in [0.3, 0.4) is 0 Å². The van der Waals surface area contributed by atoms with Crippen molar-refractivity contribution in [3.63, 3.8) is 0 Å². The van der Waals surface area contributed by atoms with Crippen molar-refractivity contribution < 1.29 is 38.0 Å². The Morgan fingerprint density at radius 1 is 0.976 bits per heavy atom. The second-order valence-corrected chi connectivity index (χ2v) is 12.1. The number of alkyl halides is 3. The van der Waals surface area contributed by atoms with Gasteiger partial charge in [-0.2, -0.15) is 0 Å². The van der Waals surface area contributed by atoms with E-state index in [0.29, 0.717) is 26.2 Å². The zero-order valence-electron chi connectivity index (χ0n) is 25.0. The van der Waals surface area contributed by atoms with Gasteiger partial charge in [0.1, 0.15) is 13.6 Å². The summed E-state index contributed by atoms with van der Waals surface area (Å²) >= 11 is 17.9. The van der Waals surface area contributed by atoms with Gasteiger partial charge >= 0.3 is 5.97 Å². The van der Waals surface area contributed by atoms with Gasteiger partial charge in [-0.05, 0) is 30.2 Å². The van der Waals surface area contributed by atoms with Crippen LogP contribution >= 0.6 is 34.8 Å². The summed E-state index contributed by atoms with van der Waals surface area (Å²) in [5.74, 6) is -1.87. The van der Waals surface area contributed by atoms with E-state index in [9.17, 15) is 9.59 Å². The minimum Gasteiger partial charge on any atom is -0.469 e. The Hall–Kier alpha value is -1.43. The molecule has 1 rings (SSSR count). The smallest absolute Gasteiger partial charge is 0.306 e. The standard InChI is InChI=1S/C30H46Cl3NO8/c1-5-24(20-42-22-38-3)26(15-9-10-16-40-19-23-12-7-6-8-13-23)28(34-29(36)30(31,32)33)25(18-27(35)39-4)14-11-17-41-21-37-2/h6-8,11-14,24-26,28H,5,9-10,15-22H2,1-4H3,(H,34,36)/b14-11+/t24?,25-,26-,28?/m1/s1. The number of nitrogens with one attached hydrogen (secondary N) is 1. The van der Waals surface area contributed by atoms with Gasteiger partial charge in [0.2, 0.25) is 0 Å². The molecular weight excluding hydrogens is 609 g/mol. The van der Waals surface area contributed by atoms with E-state index in [1.807, 2.05) is 43.3 Å². The molecule has 240 valence electrons. The molecule has 0 radical (unpaired) electrons. The number of unbranched alkanes of at least 4 members (excludes halogenated alkanes) is 1. The number of carbonyl (C=O) groups excluding carboxylic acids is 2. The molecule has 0 saturated heterocycles. The fourth-order valence-electron chi connectivity index (χ4n) is 4.67. The Morgan fingerprint density at radius 3 is 2.29 bits per heavy atom. The molecule has 0 saturated carbocycles. The summed E-state index contributed by atoms with van der Waals surface area (Å²) in [7, 11) is 4.40. The summed E-state index contributed by atoms with van der Waals surface area (Å²) in [6.45, 7) is 4.03. The van der Waals surface area contributed by atoms with Crippen molar-refractivity contribution in [2.75, 3.05) is 54.7 Å². The Labute approximate surface area is 265 Å². The number of amides is 1. The van der Waals surface area contributed by atoms with Crippen molar-refractivity contribution in [2.24, 2.45) is 17.8 Å². The van der Waals surface area contributed by atoms with Gasteiger partial charge in [-0.15, -0.1) is 0 Å². The van der Waals surface area contributed by atoms with Crippen LogP contribution in [0.25, 0.3) is 0 Å². The number of benzene rings is 1. The maximum absolute atomic E-state index is 13.0. The first-order valence-electron chi connectivity index (χ1n) is 14.0. The SMILES string of the molecule is CCC(COCOC)[C@@H](CCCCOCc1ccccc1)C(NC(=O)C(Cl)(Cl)Cl)[C@H](/C=C/COCOC)CC(=O)OC. The Kier molecular flexibility index (Phi) is 21.2. The zero-order valence-corrected chi connectivity index (χ0v) is 27.3. The largest absolute Gasteiger partial charge is 0.469 e. The Bertz CT molecular complexity index is 885. The molecule has 1 N–H and O–H groups in total. The first-order valence-corrected chi connectivity index (χ1v) is 15.2. The van der Waals surface area contributed by atoms with E-state index >= 15 is 0 Å². The molecule has 42 heavy (non-hydrogen) atoms. The highest BCUT2D eigenvalue weighted by Gasteiger charge is 2.39. The molecule has 0 aliphatic heterocycles. The fourth-order valence-corrected chi connectivity index (χ4v) is 4.83. The number of hydrogen-bond donors (Lipinski definition) is 1. The molecule has 1 amide bonds. The summed E-state index contributed by atoms with van der Waals surface area (Å²) in [6, 6.07) is 9.39. The van der Waals surface area contributed by atoms with Gasteiger partial charge in [0, 0.05) is 32.8 Å². The lowest BCUT2D eigenvalue weighted by molar-refractivity contribution is -0.142. The number of hydrogen-bond acceptors (Lipinski definition) is 8. The molecule has 0 bridgehead atoms. The molecule has 4 atom stereocenters. The van der Waals surface area contributed by atoms with Crippen molar-refractivity contribution in [1.29, 1.82) is 0 Å². The van der Waals surface area contributed by atoms with E-state index in [0.717, 1.165) is 24.8 Å². The van der Waals surface area contributed by atoms with Crippen LogP contribution in [-0.4, -0.2) is 76.4 Å². The normalized spacial score (nSPS) is 14.8. The lowest BCUT2D eigenvalue weighted by Crippen LogP contribution is -2.51. The zero-order chi connectivity index (χ0) is 31.2. The molecule has 0 spiro atoms. The fraction of sp³-hybridized carbons (Fsp3) is 0.667. The van der Waals surface area contributed by atoms with Crippen LogP contribution in [0.2, 0.25) is 0 Å². The first kappa shape index (κ1) is 38.6. The topological polar surface area (TPSA) is 102 Å². The lowest BCUT2D eigenvalue weighted by atomic mass is 9.75. The molecule has 9 nitrogen and oxygen atoms in total. The Balaban J connectivity index is 3.23. The van der Waals surface area contributed by atoms with E-state index < -0.39 is 27.6 Å². The van der Waals surface area contributed by atoms with E-state index in [4.69, 9.17) is 63.2 Å². The number of carbonyl (C=O) groups is 2. The summed E-state index contributed by atoms with van der Waals surface area (Å²) in [6.07, 6.45) is 6.63. The van der Waals surface area contributed by atoms with Crippen molar-refractivity contribution in [1.82, 2.24) is 5.32 Å². The van der Waals surface area contributed by atoms with Crippen LogP contribution < -0.4 is 5.32 Å². The molecule has 1 aromatic rings. The van der Waals surface area contributed by atoms with Crippen molar-refractivity contribution in [3.05, 3.63) is 48.0 Å². The number of methoxy groups -OCH3 is 3. The van der Waals surface area contributed by atoms with Gasteiger partial charge in [-0.25, -0.2) is 0 Å². The highest BCUT2D eigenvalue weighted by atomic mass is 35.6. The van der Waals surface area contributed by atoms with Gasteiger partial charge in [0.05, 0.1) is 33.4 Å². The third-order valence-corrected chi connectivity index (χ3v) is 7.27. The van der Waals surface area contributed by atoms with E-state index in [2.05, 4.69) is 5.32 Å². The first-order chi connectivity index (χ1) is 20.2. The number of ether oxygens (including phenoxy) is 6. The number of rotatable bonds is 23.